The Morgan fingerprint density at radius 3 is 2.66 bits per heavy atom. The van der Waals surface area contributed by atoms with E-state index >= 15 is 0 Å². The van der Waals surface area contributed by atoms with Gasteiger partial charge in [0, 0.05) is 41.7 Å². The van der Waals surface area contributed by atoms with Gasteiger partial charge < -0.3 is 9.47 Å². The zero-order chi connectivity index (χ0) is 25.8. The molecule has 1 aromatic carbocycles. The number of hydrogen-bond acceptors (Lipinski definition) is 8. The topological polar surface area (TPSA) is 137 Å². The number of aromatic nitrogens is 2. The Hall–Kier alpha value is -2.64. The summed E-state index contributed by atoms with van der Waals surface area (Å²) in [5.41, 5.74) is 2.92. The van der Waals surface area contributed by atoms with Crippen LogP contribution in [0.15, 0.2) is 24.5 Å². The van der Waals surface area contributed by atoms with Crippen LogP contribution in [-0.4, -0.2) is 76.8 Å². The standard InChI is InChI=1S/C22H32N4O7S2/c1-5-35(30,31)24-10-12-33-21-18(17-14-23-25(15-17)11-13-34(4,28)29)8-9-20-19(21)7-6-16(2)26(20)22(27)32-3/h8-9,14-16,24H,5-7,10-13H2,1-4H3/t16-/m0/s1. The van der Waals surface area contributed by atoms with Crippen LogP contribution >= 0.6 is 0 Å². The van der Waals surface area contributed by atoms with Gasteiger partial charge in [-0.3, -0.25) is 9.58 Å². The fourth-order valence-electron chi connectivity index (χ4n) is 3.91. The molecule has 0 unspecified atom stereocenters. The quantitative estimate of drug-likeness (QED) is 0.461. The third-order valence-electron chi connectivity index (χ3n) is 5.81. The molecule has 0 aliphatic carbocycles. The number of hydrogen-bond donors (Lipinski definition) is 1. The average molecular weight is 529 g/mol. The third kappa shape index (κ3) is 6.73. The van der Waals surface area contributed by atoms with Gasteiger partial charge in [0.25, 0.3) is 0 Å². The molecule has 1 N–H and O–H groups in total. The molecule has 1 atom stereocenters. The van der Waals surface area contributed by atoms with Gasteiger partial charge in [0.2, 0.25) is 10.0 Å². The molecule has 13 heteroatoms. The first-order valence-corrected chi connectivity index (χ1v) is 15.0. The highest BCUT2D eigenvalue weighted by Crippen LogP contribution is 2.43. The number of ether oxygens (including phenoxy) is 2. The Morgan fingerprint density at radius 2 is 2.00 bits per heavy atom. The van der Waals surface area contributed by atoms with E-state index in [1.807, 2.05) is 19.1 Å². The van der Waals surface area contributed by atoms with Crippen LogP contribution in [0.3, 0.4) is 0 Å². The minimum Gasteiger partial charge on any atom is -0.491 e. The Morgan fingerprint density at radius 1 is 1.26 bits per heavy atom. The Balaban J connectivity index is 1.97. The summed E-state index contributed by atoms with van der Waals surface area (Å²) in [7, 11) is -5.17. The molecule has 0 spiro atoms. The van der Waals surface area contributed by atoms with Crippen LogP contribution < -0.4 is 14.4 Å². The highest BCUT2D eigenvalue weighted by atomic mass is 32.2. The first-order chi connectivity index (χ1) is 16.5. The number of sulfonamides is 1. The van der Waals surface area contributed by atoms with Crippen LogP contribution in [0.1, 0.15) is 25.8 Å². The number of nitrogens with one attached hydrogen (secondary N) is 1. The van der Waals surface area contributed by atoms with E-state index in [0.29, 0.717) is 35.4 Å². The fraction of sp³-hybridized carbons (Fsp3) is 0.545. The SMILES string of the molecule is CCS(=O)(=O)NCCOc1c(-c2cnn(CCS(C)(=O)=O)c2)ccc2c1CC[C@H](C)N2C(=O)OC. The molecule has 1 aliphatic rings. The maximum absolute atomic E-state index is 12.5. The lowest BCUT2D eigenvalue weighted by molar-refractivity contribution is 0.175. The summed E-state index contributed by atoms with van der Waals surface area (Å²) in [6.45, 7) is 3.88. The van der Waals surface area contributed by atoms with Crippen molar-refractivity contribution >= 4 is 31.6 Å². The Kier molecular flexibility index (Phi) is 8.44. The first-order valence-electron chi connectivity index (χ1n) is 11.3. The van der Waals surface area contributed by atoms with E-state index in [9.17, 15) is 21.6 Å². The van der Waals surface area contributed by atoms with Crippen molar-refractivity contribution in [2.45, 2.75) is 39.3 Å². The maximum Gasteiger partial charge on any atom is 0.414 e. The zero-order valence-electron chi connectivity index (χ0n) is 20.4. The molecule has 35 heavy (non-hydrogen) atoms. The van der Waals surface area contributed by atoms with Crippen molar-refractivity contribution in [3.05, 3.63) is 30.1 Å². The number of aryl methyl sites for hydroxylation is 1. The number of sulfone groups is 1. The normalized spacial score (nSPS) is 16.1. The number of anilines is 1. The molecule has 194 valence electrons. The largest absolute Gasteiger partial charge is 0.491 e. The summed E-state index contributed by atoms with van der Waals surface area (Å²) >= 11 is 0. The molecule has 1 aliphatic heterocycles. The second-order valence-electron chi connectivity index (χ2n) is 8.44. The van der Waals surface area contributed by atoms with Crippen molar-refractivity contribution in [1.82, 2.24) is 14.5 Å². The lowest BCUT2D eigenvalue weighted by Crippen LogP contribution is -2.42. The number of fused-ring (bicyclic) bond motifs is 1. The minimum atomic E-state index is -3.36. The average Bonchev–Trinajstić information content (AvgIpc) is 3.28. The number of rotatable bonds is 10. The van der Waals surface area contributed by atoms with Gasteiger partial charge in [-0.2, -0.15) is 5.10 Å². The number of methoxy groups -OCH3 is 1. The second kappa shape index (κ2) is 11.0. The zero-order valence-corrected chi connectivity index (χ0v) is 22.0. The number of carbonyl (C=O) groups excluding carboxylic acids is 1. The van der Waals surface area contributed by atoms with Crippen LogP contribution in [0, 0.1) is 0 Å². The Labute approximate surface area is 206 Å². The number of carbonyl (C=O) groups is 1. The molecule has 0 bridgehead atoms. The molecule has 0 fully saturated rings. The molecule has 0 saturated carbocycles. The lowest BCUT2D eigenvalue weighted by Gasteiger charge is -2.35. The van der Waals surface area contributed by atoms with Gasteiger partial charge in [0.15, 0.2) is 0 Å². The Bertz CT molecular complexity index is 1270. The molecule has 0 radical (unpaired) electrons. The van der Waals surface area contributed by atoms with Crippen LogP contribution in [0.25, 0.3) is 11.1 Å². The summed E-state index contributed by atoms with van der Waals surface area (Å²) in [5.74, 6) is 0.463. The van der Waals surface area contributed by atoms with Gasteiger partial charge in [-0.15, -0.1) is 0 Å². The number of benzene rings is 1. The third-order valence-corrected chi connectivity index (χ3v) is 8.13. The van der Waals surface area contributed by atoms with Gasteiger partial charge >= 0.3 is 6.09 Å². The van der Waals surface area contributed by atoms with Crippen LogP contribution in [0.5, 0.6) is 5.75 Å². The van der Waals surface area contributed by atoms with E-state index < -0.39 is 26.0 Å². The van der Waals surface area contributed by atoms with E-state index in [0.717, 1.165) is 5.56 Å². The molecule has 3 rings (SSSR count). The van der Waals surface area contributed by atoms with E-state index in [1.54, 1.807) is 28.9 Å². The van der Waals surface area contributed by atoms with Crippen molar-refractivity contribution in [1.29, 1.82) is 0 Å². The van der Waals surface area contributed by atoms with Crippen molar-refractivity contribution < 1.29 is 31.1 Å². The molecule has 0 saturated heterocycles. The lowest BCUT2D eigenvalue weighted by atomic mass is 9.92. The highest BCUT2D eigenvalue weighted by molar-refractivity contribution is 7.90. The predicted octanol–water partition coefficient (Wildman–Crippen LogP) is 1.82. The summed E-state index contributed by atoms with van der Waals surface area (Å²) in [4.78, 5) is 14.1. The first kappa shape index (κ1) is 27.0. The van der Waals surface area contributed by atoms with Crippen molar-refractivity contribution in [3.8, 4) is 16.9 Å². The minimum absolute atomic E-state index is 0.0301. The number of amides is 1. The monoisotopic (exact) mass is 528 g/mol. The van der Waals surface area contributed by atoms with Gasteiger partial charge in [0.1, 0.15) is 22.2 Å². The smallest absolute Gasteiger partial charge is 0.414 e. The van der Waals surface area contributed by atoms with E-state index in [2.05, 4.69) is 9.82 Å². The van der Waals surface area contributed by atoms with Crippen molar-refractivity contribution in [3.63, 3.8) is 0 Å². The highest BCUT2D eigenvalue weighted by Gasteiger charge is 2.32. The molecule has 1 amide bonds. The van der Waals surface area contributed by atoms with Crippen LogP contribution in [0.2, 0.25) is 0 Å². The summed E-state index contributed by atoms with van der Waals surface area (Å²) in [5, 5.41) is 4.28. The molecular formula is C22H32N4O7S2. The van der Waals surface area contributed by atoms with Gasteiger partial charge in [-0.1, -0.05) is 0 Å². The van der Waals surface area contributed by atoms with Gasteiger partial charge in [0.05, 0.1) is 37.0 Å². The summed E-state index contributed by atoms with van der Waals surface area (Å²) < 4.78 is 61.7. The van der Waals surface area contributed by atoms with Gasteiger partial charge in [-0.25, -0.2) is 26.4 Å². The molecular weight excluding hydrogens is 496 g/mol. The van der Waals surface area contributed by atoms with Crippen LogP contribution in [-0.2, 0) is 37.6 Å². The van der Waals surface area contributed by atoms with Crippen LogP contribution in [0.4, 0.5) is 10.5 Å². The maximum atomic E-state index is 12.5. The molecule has 11 nitrogen and oxygen atoms in total. The predicted molar refractivity (Wildman–Crippen MR) is 133 cm³/mol. The molecule has 2 heterocycles. The fourth-order valence-corrected chi connectivity index (χ4v) is 5.03. The van der Waals surface area contributed by atoms with E-state index in [4.69, 9.17) is 9.47 Å². The summed E-state index contributed by atoms with van der Waals surface area (Å²) in [6, 6.07) is 3.58. The molecule has 2 aromatic rings. The van der Waals surface area contributed by atoms with E-state index in [1.165, 1.54) is 13.4 Å². The molecule has 1 aromatic heterocycles. The summed E-state index contributed by atoms with van der Waals surface area (Å²) in [6.07, 6.45) is 5.41. The van der Waals surface area contributed by atoms with Crippen molar-refractivity contribution in [2.24, 2.45) is 0 Å². The van der Waals surface area contributed by atoms with Crippen molar-refractivity contribution in [2.75, 3.05) is 42.9 Å². The number of nitrogens with zero attached hydrogens (tertiary/aromatic N) is 3. The second-order valence-corrected chi connectivity index (χ2v) is 12.8. The van der Waals surface area contributed by atoms with E-state index in [-0.39, 0.29) is 37.2 Å². The van der Waals surface area contributed by atoms with Gasteiger partial charge in [-0.05, 0) is 38.8 Å².